The van der Waals surface area contributed by atoms with Crippen molar-refractivity contribution in [1.29, 1.82) is 0 Å². The lowest BCUT2D eigenvalue weighted by molar-refractivity contribution is -0.167. The van der Waals surface area contributed by atoms with E-state index in [1.54, 1.807) is 0 Å². The van der Waals surface area contributed by atoms with Crippen LogP contribution in [0.3, 0.4) is 0 Å². The number of carbonyl (C=O) groups excluding carboxylic acids is 3. The van der Waals surface area contributed by atoms with Gasteiger partial charge in [0.25, 0.3) is 0 Å². The average molecular weight is 988 g/mol. The molecule has 0 spiro atoms. The molecule has 0 bridgehead atoms. The van der Waals surface area contributed by atoms with Crippen LogP contribution in [0.1, 0.15) is 278 Å². The van der Waals surface area contributed by atoms with Crippen molar-refractivity contribution in [2.75, 3.05) is 13.2 Å². The molecule has 0 aromatic rings. The molecule has 1 unspecified atom stereocenters. The molecule has 0 N–H and O–H groups in total. The molecule has 0 aromatic carbocycles. The molecule has 0 saturated carbocycles. The molecule has 0 heterocycles. The normalized spacial score (nSPS) is 12.8. The van der Waals surface area contributed by atoms with Gasteiger partial charge in [-0.1, -0.05) is 259 Å². The van der Waals surface area contributed by atoms with Crippen molar-refractivity contribution in [3.05, 3.63) is 97.2 Å². The number of allylic oxidation sites excluding steroid dienone is 16. The van der Waals surface area contributed by atoms with Crippen LogP contribution in [0.4, 0.5) is 0 Å². The molecule has 0 fully saturated rings. The lowest BCUT2D eigenvalue weighted by Crippen LogP contribution is -2.30. The van der Waals surface area contributed by atoms with E-state index in [1.165, 1.54) is 96.3 Å². The van der Waals surface area contributed by atoms with Gasteiger partial charge in [0.2, 0.25) is 0 Å². The molecule has 0 aliphatic carbocycles. The second-order valence-electron chi connectivity index (χ2n) is 19.5. The van der Waals surface area contributed by atoms with Crippen molar-refractivity contribution in [2.24, 2.45) is 0 Å². The summed E-state index contributed by atoms with van der Waals surface area (Å²) in [5, 5.41) is 0. The number of carbonyl (C=O) groups is 3. The van der Waals surface area contributed by atoms with Crippen LogP contribution in [0.15, 0.2) is 97.2 Å². The summed E-state index contributed by atoms with van der Waals surface area (Å²) in [5.41, 5.74) is 0. The highest BCUT2D eigenvalue weighted by Crippen LogP contribution is 2.16. The van der Waals surface area contributed by atoms with Crippen LogP contribution in [0.5, 0.6) is 0 Å². The summed E-state index contributed by atoms with van der Waals surface area (Å²) in [6, 6.07) is 0. The number of esters is 3. The SMILES string of the molecule is CC/C=C\C/C=C\C/C=C\C/C=C\C/C=C\C/C=C\CCCCCCC(=O)OCC(COC(=O)CCCCCCC/C=C\C/C=C\CCC)OC(=O)CCCCCCCCCCCCCCCCCCC. The molecular weight excluding hydrogens is 877 g/mol. The van der Waals surface area contributed by atoms with Gasteiger partial charge in [0.15, 0.2) is 6.10 Å². The highest BCUT2D eigenvalue weighted by atomic mass is 16.6. The van der Waals surface area contributed by atoms with Crippen LogP contribution in [0, 0.1) is 0 Å². The number of ether oxygens (including phenoxy) is 3. The molecule has 71 heavy (non-hydrogen) atoms. The first-order valence-electron chi connectivity index (χ1n) is 29.7. The van der Waals surface area contributed by atoms with E-state index in [4.69, 9.17) is 14.2 Å². The van der Waals surface area contributed by atoms with E-state index < -0.39 is 6.10 Å². The smallest absolute Gasteiger partial charge is 0.306 e. The van der Waals surface area contributed by atoms with Gasteiger partial charge in [-0.15, -0.1) is 0 Å². The minimum Gasteiger partial charge on any atom is -0.462 e. The van der Waals surface area contributed by atoms with Crippen molar-refractivity contribution in [3.8, 4) is 0 Å². The third kappa shape index (κ3) is 57.1. The Balaban J connectivity index is 4.41. The van der Waals surface area contributed by atoms with E-state index in [1.807, 2.05) is 0 Å². The highest BCUT2D eigenvalue weighted by molar-refractivity contribution is 5.71. The Morgan fingerprint density at radius 3 is 0.915 bits per heavy atom. The summed E-state index contributed by atoms with van der Waals surface area (Å²) >= 11 is 0. The monoisotopic (exact) mass is 987 g/mol. The molecule has 1 atom stereocenters. The minimum absolute atomic E-state index is 0.0918. The molecule has 406 valence electrons. The molecule has 0 aliphatic heterocycles. The van der Waals surface area contributed by atoms with Crippen LogP contribution in [-0.2, 0) is 28.6 Å². The van der Waals surface area contributed by atoms with E-state index in [0.717, 1.165) is 141 Å². The maximum absolute atomic E-state index is 12.9. The van der Waals surface area contributed by atoms with Crippen LogP contribution in [-0.4, -0.2) is 37.2 Å². The standard InChI is InChI=1S/C65H110O6/c1-4-7-10-13-16-19-22-25-27-29-30-31-32-33-34-36-37-40-43-46-49-52-55-58-64(67)70-61-62(60-69-63(66)57-54-51-48-45-42-39-24-21-18-15-12-9-6-3)71-65(68)59-56-53-50-47-44-41-38-35-28-26-23-20-17-14-11-8-5-2/h7,10,12,15-16,19,21,24-25,27,30-31,33-34,37,40,62H,4-6,8-9,11,13-14,17-18,20,22-23,26,28-29,32,35-36,38-39,41-61H2,1-3H3/b10-7-,15-12-,19-16-,24-21-,27-25-,31-30-,34-33-,40-37-. The fraction of sp³-hybridized carbons (Fsp3) is 0.708. The number of rotatable bonds is 53. The summed E-state index contributed by atoms with van der Waals surface area (Å²) in [7, 11) is 0. The van der Waals surface area contributed by atoms with Gasteiger partial charge in [-0.25, -0.2) is 0 Å². The Bertz CT molecular complexity index is 1410. The largest absolute Gasteiger partial charge is 0.462 e. The zero-order valence-electron chi connectivity index (χ0n) is 46.5. The summed E-state index contributed by atoms with van der Waals surface area (Å²) in [4.78, 5) is 38.2. The Kier molecular flexibility index (Phi) is 55.9. The first-order valence-corrected chi connectivity index (χ1v) is 29.7. The molecular formula is C65H110O6. The number of unbranched alkanes of at least 4 members (excludes halogenated alkanes) is 26. The van der Waals surface area contributed by atoms with E-state index in [2.05, 4.69) is 118 Å². The Labute approximate surface area is 438 Å². The topological polar surface area (TPSA) is 78.9 Å². The molecule has 0 saturated heterocycles. The first-order chi connectivity index (χ1) is 35.0. The van der Waals surface area contributed by atoms with E-state index in [0.29, 0.717) is 19.3 Å². The van der Waals surface area contributed by atoms with Crippen molar-refractivity contribution in [2.45, 2.75) is 284 Å². The van der Waals surface area contributed by atoms with Crippen LogP contribution < -0.4 is 0 Å². The predicted octanol–water partition coefficient (Wildman–Crippen LogP) is 20.1. The minimum atomic E-state index is -0.794. The molecule has 0 amide bonds. The van der Waals surface area contributed by atoms with Crippen molar-refractivity contribution in [3.63, 3.8) is 0 Å². The average Bonchev–Trinajstić information content (AvgIpc) is 3.37. The maximum Gasteiger partial charge on any atom is 0.306 e. The molecule has 6 heteroatoms. The van der Waals surface area contributed by atoms with Gasteiger partial charge >= 0.3 is 17.9 Å². The van der Waals surface area contributed by atoms with Gasteiger partial charge in [0.1, 0.15) is 13.2 Å². The molecule has 0 aliphatic rings. The Morgan fingerprint density at radius 1 is 0.296 bits per heavy atom. The number of hydrogen-bond acceptors (Lipinski definition) is 6. The maximum atomic E-state index is 12.9. The van der Waals surface area contributed by atoms with Crippen LogP contribution in [0.2, 0.25) is 0 Å². The van der Waals surface area contributed by atoms with Crippen molar-refractivity contribution in [1.82, 2.24) is 0 Å². The predicted molar refractivity (Wildman–Crippen MR) is 307 cm³/mol. The zero-order chi connectivity index (χ0) is 51.4. The van der Waals surface area contributed by atoms with Gasteiger partial charge in [-0.2, -0.15) is 0 Å². The second-order valence-corrected chi connectivity index (χ2v) is 19.5. The highest BCUT2D eigenvalue weighted by Gasteiger charge is 2.19. The van der Waals surface area contributed by atoms with Crippen LogP contribution in [0.25, 0.3) is 0 Å². The first kappa shape index (κ1) is 67.3. The zero-order valence-corrected chi connectivity index (χ0v) is 46.5. The molecule has 0 radical (unpaired) electrons. The van der Waals surface area contributed by atoms with Gasteiger partial charge < -0.3 is 14.2 Å². The lowest BCUT2D eigenvalue weighted by atomic mass is 10.0. The molecule has 0 aromatic heterocycles. The van der Waals surface area contributed by atoms with Crippen molar-refractivity contribution >= 4 is 17.9 Å². The summed E-state index contributed by atoms with van der Waals surface area (Å²) < 4.78 is 16.9. The molecule has 6 nitrogen and oxygen atoms in total. The summed E-state index contributed by atoms with van der Waals surface area (Å²) in [6.45, 7) is 6.45. The van der Waals surface area contributed by atoms with E-state index in [-0.39, 0.29) is 31.1 Å². The third-order valence-corrected chi connectivity index (χ3v) is 12.6. The van der Waals surface area contributed by atoms with Gasteiger partial charge in [0, 0.05) is 19.3 Å². The number of hydrogen-bond donors (Lipinski definition) is 0. The van der Waals surface area contributed by atoms with Gasteiger partial charge in [-0.3, -0.25) is 14.4 Å². The van der Waals surface area contributed by atoms with Gasteiger partial charge in [0.05, 0.1) is 0 Å². The Hall–Kier alpha value is -3.67. The van der Waals surface area contributed by atoms with Crippen LogP contribution >= 0.6 is 0 Å². The summed E-state index contributed by atoms with van der Waals surface area (Å²) in [5.74, 6) is -0.923. The second kappa shape index (κ2) is 58.9. The molecule has 0 rings (SSSR count). The fourth-order valence-corrected chi connectivity index (χ4v) is 8.13. The van der Waals surface area contributed by atoms with Gasteiger partial charge in [-0.05, 0) is 96.3 Å². The van der Waals surface area contributed by atoms with Crippen molar-refractivity contribution < 1.29 is 28.6 Å². The van der Waals surface area contributed by atoms with E-state index >= 15 is 0 Å². The third-order valence-electron chi connectivity index (χ3n) is 12.6. The summed E-state index contributed by atoms with van der Waals surface area (Å²) in [6.07, 6.45) is 78.3. The fourth-order valence-electron chi connectivity index (χ4n) is 8.13. The quantitative estimate of drug-likeness (QED) is 0.0261. The van der Waals surface area contributed by atoms with E-state index in [9.17, 15) is 14.4 Å². The lowest BCUT2D eigenvalue weighted by Gasteiger charge is -2.18. The Morgan fingerprint density at radius 2 is 0.577 bits per heavy atom.